The molecular formula is C24H28N2. The Bertz CT molecular complexity index is 841. The molecule has 0 unspecified atom stereocenters. The Morgan fingerprint density at radius 1 is 0.808 bits per heavy atom. The van der Waals surface area contributed by atoms with E-state index in [0.717, 1.165) is 5.69 Å². The minimum Gasteiger partial charge on any atom is -0.325 e. The van der Waals surface area contributed by atoms with Gasteiger partial charge in [0.25, 0.3) is 0 Å². The van der Waals surface area contributed by atoms with Crippen LogP contribution in [0.5, 0.6) is 0 Å². The highest BCUT2D eigenvalue weighted by atomic mass is 15.1. The molecule has 1 aromatic heterocycles. The van der Waals surface area contributed by atoms with Crippen molar-refractivity contribution < 1.29 is 0 Å². The first-order valence-electron chi connectivity index (χ1n) is 9.98. The average molecular weight is 345 g/mol. The van der Waals surface area contributed by atoms with Crippen molar-refractivity contribution in [2.24, 2.45) is 0 Å². The lowest BCUT2D eigenvalue weighted by molar-refractivity contribution is 0.407. The maximum absolute atomic E-state index is 5.26. The maximum Gasteiger partial charge on any atom is 0.113 e. The van der Waals surface area contributed by atoms with Gasteiger partial charge in [-0.1, -0.05) is 79.9 Å². The molecule has 0 radical (unpaired) electrons. The summed E-state index contributed by atoms with van der Waals surface area (Å²) in [5, 5.41) is 0. The molecule has 0 N–H and O–H groups in total. The first-order chi connectivity index (χ1) is 12.8. The van der Waals surface area contributed by atoms with Crippen LogP contribution in [0.25, 0.3) is 22.5 Å². The molecule has 1 fully saturated rings. The van der Waals surface area contributed by atoms with Crippen molar-refractivity contribution >= 4 is 0 Å². The standard InChI is InChI=1S/C24H28N2/c1-18(2)26-23(20-14-8-4-9-15-20)22(19-12-6-3-7-13-19)25-24(26)21-16-10-5-11-17-21/h3-4,6-9,12-15,18,21H,5,10-11,16-17H2,1-2H3. The highest BCUT2D eigenvalue weighted by Crippen LogP contribution is 2.40. The molecule has 1 heterocycles. The van der Waals surface area contributed by atoms with Crippen LogP contribution in [-0.2, 0) is 0 Å². The van der Waals surface area contributed by atoms with Gasteiger partial charge in [-0.3, -0.25) is 0 Å². The molecule has 1 aliphatic carbocycles. The van der Waals surface area contributed by atoms with Gasteiger partial charge in [0.15, 0.2) is 0 Å². The van der Waals surface area contributed by atoms with E-state index in [0.29, 0.717) is 12.0 Å². The van der Waals surface area contributed by atoms with Crippen molar-refractivity contribution in [3.8, 4) is 22.5 Å². The van der Waals surface area contributed by atoms with Crippen LogP contribution in [0.3, 0.4) is 0 Å². The molecule has 2 heteroatoms. The van der Waals surface area contributed by atoms with Crippen molar-refractivity contribution in [3.63, 3.8) is 0 Å². The summed E-state index contributed by atoms with van der Waals surface area (Å²) < 4.78 is 2.51. The fourth-order valence-corrected chi connectivity index (χ4v) is 4.29. The Hall–Kier alpha value is -2.35. The van der Waals surface area contributed by atoms with E-state index in [1.54, 1.807) is 0 Å². The van der Waals surface area contributed by atoms with Gasteiger partial charge in [-0.25, -0.2) is 4.98 Å². The van der Waals surface area contributed by atoms with Gasteiger partial charge in [0, 0.05) is 23.1 Å². The van der Waals surface area contributed by atoms with E-state index in [1.807, 2.05) is 0 Å². The second-order valence-corrected chi connectivity index (χ2v) is 7.70. The molecule has 0 aliphatic heterocycles. The highest BCUT2D eigenvalue weighted by molar-refractivity contribution is 5.79. The summed E-state index contributed by atoms with van der Waals surface area (Å²) in [6.07, 6.45) is 6.57. The number of nitrogens with zero attached hydrogens (tertiary/aromatic N) is 2. The third kappa shape index (κ3) is 3.21. The molecular weight excluding hydrogens is 316 g/mol. The Kier molecular flexibility index (Phi) is 4.92. The van der Waals surface area contributed by atoms with Crippen LogP contribution in [0.2, 0.25) is 0 Å². The van der Waals surface area contributed by atoms with Gasteiger partial charge in [-0.15, -0.1) is 0 Å². The number of aromatic nitrogens is 2. The van der Waals surface area contributed by atoms with E-state index in [9.17, 15) is 0 Å². The summed E-state index contributed by atoms with van der Waals surface area (Å²) in [6, 6.07) is 21.8. The van der Waals surface area contributed by atoms with E-state index in [4.69, 9.17) is 4.98 Å². The van der Waals surface area contributed by atoms with Crippen LogP contribution in [0.15, 0.2) is 60.7 Å². The number of hydrogen-bond acceptors (Lipinski definition) is 1. The van der Waals surface area contributed by atoms with Gasteiger partial charge in [0.1, 0.15) is 5.82 Å². The fourth-order valence-electron chi connectivity index (χ4n) is 4.29. The van der Waals surface area contributed by atoms with E-state index in [2.05, 4.69) is 79.1 Å². The van der Waals surface area contributed by atoms with Crippen molar-refractivity contribution in [2.75, 3.05) is 0 Å². The molecule has 0 bridgehead atoms. The predicted octanol–water partition coefficient (Wildman–Crippen LogP) is 6.85. The Morgan fingerprint density at radius 3 is 1.96 bits per heavy atom. The Balaban J connectivity index is 1.95. The van der Waals surface area contributed by atoms with E-state index in [-0.39, 0.29) is 0 Å². The molecule has 3 aromatic rings. The first kappa shape index (κ1) is 17.1. The van der Waals surface area contributed by atoms with Gasteiger partial charge >= 0.3 is 0 Å². The zero-order valence-electron chi connectivity index (χ0n) is 15.9. The number of benzene rings is 2. The average Bonchev–Trinajstić information content (AvgIpc) is 3.11. The van der Waals surface area contributed by atoms with Crippen LogP contribution in [0, 0.1) is 0 Å². The zero-order chi connectivity index (χ0) is 17.9. The molecule has 2 aromatic carbocycles. The number of rotatable bonds is 4. The van der Waals surface area contributed by atoms with Gasteiger partial charge < -0.3 is 4.57 Å². The number of hydrogen-bond donors (Lipinski definition) is 0. The van der Waals surface area contributed by atoms with Crippen molar-refractivity contribution in [1.82, 2.24) is 9.55 Å². The monoisotopic (exact) mass is 344 g/mol. The third-order valence-corrected chi connectivity index (χ3v) is 5.52. The molecule has 0 amide bonds. The SMILES string of the molecule is CC(C)n1c(C2CCCCC2)nc(-c2ccccc2)c1-c1ccccc1. The molecule has 0 saturated heterocycles. The molecule has 1 saturated carbocycles. The molecule has 4 rings (SSSR count). The molecule has 134 valence electrons. The zero-order valence-corrected chi connectivity index (χ0v) is 15.9. The van der Waals surface area contributed by atoms with Gasteiger partial charge in [-0.05, 0) is 26.7 Å². The Labute approximate surface area is 156 Å². The lowest BCUT2D eigenvalue weighted by atomic mass is 9.88. The predicted molar refractivity (Wildman–Crippen MR) is 109 cm³/mol. The van der Waals surface area contributed by atoms with Crippen molar-refractivity contribution in [1.29, 1.82) is 0 Å². The molecule has 0 atom stereocenters. The van der Waals surface area contributed by atoms with Crippen molar-refractivity contribution in [2.45, 2.75) is 57.9 Å². The van der Waals surface area contributed by atoms with Crippen LogP contribution < -0.4 is 0 Å². The second kappa shape index (κ2) is 7.49. The normalized spacial score (nSPS) is 15.5. The number of imidazole rings is 1. The largest absolute Gasteiger partial charge is 0.325 e. The molecule has 1 aliphatic rings. The van der Waals surface area contributed by atoms with E-state index in [1.165, 1.54) is 54.7 Å². The summed E-state index contributed by atoms with van der Waals surface area (Å²) in [7, 11) is 0. The first-order valence-corrected chi connectivity index (χ1v) is 9.98. The summed E-state index contributed by atoms with van der Waals surface area (Å²) >= 11 is 0. The Morgan fingerprint density at radius 2 is 1.38 bits per heavy atom. The van der Waals surface area contributed by atoms with Crippen molar-refractivity contribution in [3.05, 3.63) is 66.5 Å². The summed E-state index contributed by atoms with van der Waals surface area (Å²) in [5.41, 5.74) is 4.87. The van der Waals surface area contributed by atoms with Gasteiger partial charge in [0.2, 0.25) is 0 Å². The van der Waals surface area contributed by atoms with Gasteiger partial charge in [0.05, 0.1) is 11.4 Å². The topological polar surface area (TPSA) is 17.8 Å². The summed E-state index contributed by atoms with van der Waals surface area (Å²) in [6.45, 7) is 4.57. The summed E-state index contributed by atoms with van der Waals surface area (Å²) in [5.74, 6) is 1.88. The summed E-state index contributed by atoms with van der Waals surface area (Å²) in [4.78, 5) is 5.26. The maximum atomic E-state index is 5.26. The molecule has 0 spiro atoms. The lowest BCUT2D eigenvalue weighted by Crippen LogP contribution is -2.14. The minimum atomic E-state index is 0.395. The lowest BCUT2D eigenvalue weighted by Gasteiger charge is -2.24. The van der Waals surface area contributed by atoms with E-state index >= 15 is 0 Å². The molecule has 26 heavy (non-hydrogen) atoms. The minimum absolute atomic E-state index is 0.395. The fraction of sp³-hybridized carbons (Fsp3) is 0.375. The highest BCUT2D eigenvalue weighted by Gasteiger charge is 2.27. The van der Waals surface area contributed by atoms with Crippen LogP contribution >= 0.6 is 0 Å². The van der Waals surface area contributed by atoms with Crippen LogP contribution in [0.1, 0.15) is 63.7 Å². The molecule has 2 nitrogen and oxygen atoms in total. The smallest absolute Gasteiger partial charge is 0.113 e. The van der Waals surface area contributed by atoms with Gasteiger partial charge in [-0.2, -0.15) is 0 Å². The second-order valence-electron chi connectivity index (χ2n) is 7.70. The third-order valence-electron chi connectivity index (χ3n) is 5.52. The quantitative estimate of drug-likeness (QED) is 0.506. The van der Waals surface area contributed by atoms with Crippen LogP contribution in [0.4, 0.5) is 0 Å². The van der Waals surface area contributed by atoms with E-state index < -0.39 is 0 Å². The van der Waals surface area contributed by atoms with Crippen LogP contribution in [-0.4, -0.2) is 9.55 Å².